The third-order valence-corrected chi connectivity index (χ3v) is 5.85. The maximum absolute atomic E-state index is 12.3. The fourth-order valence-electron chi connectivity index (χ4n) is 4.28. The van der Waals surface area contributed by atoms with Gasteiger partial charge in [0.05, 0.1) is 17.6 Å². The Hall–Kier alpha value is -3.73. The number of hydrogen-bond donors (Lipinski definition) is 2. The van der Waals surface area contributed by atoms with Crippen molar-refractivity contribution in [1.82, 2.24) is 20.3 Å². The third-order valence-electron chi connectivity index (χ3n) is 5.85. The highest BCUT2D eigenvalue weighted by Gasteiger charge is 2.39. The number of ether oxygens (including phenoxy) is 1. The van der Waals surface area contributed by atoms with Gasteiger partial charge in [-0.05, 0) is 43.2 Å². The van der Waals surface area contributed by atoms with Crippen LogP contribution in [0.4, 0.5) is 24.8 Å². The Morgan fingerprint density at radius 3 is 2.74 bits per heavy atom. The molecule has 2 bridgehead atoms. The average Bonchev–Trinajstić information content (AvgIpc) is 3.42. The van der Waals surface area contributed by atoms with Crippen LogP contribution >= 0.6 is 0 Å². The van der Waals surface area contributed by atoms with Crippen LogP contribution in [-0.4, -0.2) is 52.4 Å². The summed E-state index contributed by atoms with van der Waals surface area (Å²) in [7, 11) is 0. The molecule has 2 atom stereocenters. The molecule has 0 spiro atoms. The van der Waals surface area contributed by atoms with Gasteiger partial charge >= 0.3 is 6.36 Å². The second-order valence-corrected chi connectivity index (χ2v) is 8.29. The number of alkyl halides is 3. The fraction of sp³-hybridized carbons (Fsp3) is 0.304. The first-order valence-corrected chi connectivity index (χ1v) is 10.7. The molecule has 2 aliphatic heterocycles. The van der Waals surface area contributed by atoms with Gasteiger partial charge in [0.1, 0.15) is 5.75 Å². The van der Waals surface area contributed by atoms with Crippen molar-refractivity contribution >= 4 is 34.7 Å². The Morgan fingerprint density at radius 1 is 1.26 bits per heavy atom. The zero-order valence-corrected chi connectivity index (χ0v) is 18.1. The van der Waals surface area contributed by atoms with Gasteiger partial charge in [-0.25, -0.2) is 9.97 Å². The Morgan fingerprint density at radius 2 is 2.06 bits per heavy atom. The van der Waals surface area contributed by atoms with Crippen molar-refractivity contribution in [3.63, 3.8) is 0 Å². The predicted octanol–water partition coefficient (Wildman–Crippen LogP) is 3.43. The van der Waals surface area contributed by atoms with Crippen LogP contribution in [0.1, 0.15) is 17.7 Å². The summed E-state index contributed by atoms with van der Waals surface area (Å²) in [5.74, 6) is -0.0589. The zero-order chi connectivity index (χ0) is 23.9. The third kappa shape index (κ3) is 4.79. The summed E-state index contributed by atoms with van der Waals surface area (Å²) in [5.41, 5.74) is 2.37. The minimum Gasteiger partial charge on any atom is -0.406 e. The molecule has 34 heavy (non-hydrogen) atoms. The van der Waals surface area contributed by atoms with Crippen molar-refractivity contribution in [2.45, 2.75) is 31.8 Å². The van der Waals surface area contributed by atoms with E-state index in [9.17, 15) is 18.0 Å². The number of aryl methyl sites for hydroxylation is 1. The van der Waals surface area contributed by atoms with Crippen molar-refractivity contribution in [2.75, 3.05) is 23.3 Å². The SMILES string of the molecule is Cc1nc(N2CC3CC2CN3)nc2ncc(NC(=O)C=Cc3ccc(OC(F)(F)F)cc3)cc12. The lowest BCUT2D eigenvalue weighted by molar-refractivity contribution is -0.274. The number of carbonyl (C=O) groups is 1. The molecule has 2 N–H and O–H groups in total. The number of rotatable bonds is 5. The summed E-state index contributed by atoms with van der Waals surface area (Å²) in [6, 6.07) is 7.85. The van der Waals surface area contributed by atoms with E-state index in [-0.39, 0.29) is 5.75 Å². The predicted molar refractivity (Wildman–Crippen MR) is 120 cm³/mol. The molecule has 2 aliphatic rings. The number of anilines is 2. The molecule has 1 amide bonds. The van der Waals surface area contributed by atoms with Crippen LogP contribution in [0, 0.1) is 6.92 Å². The van der Waals surface area contributed by atoms with E-state index >= 15 is 0 Å². The van der Waals surface area contributed by atoms with Crippen LogP contribution in [0.15, 0.2) is 42.6 Å². The molecule has 1 aromatic carbocycles. The smallest absolute Gasteiger partial charge is 0.406 e. The van der Waals surface area contributed by atoms with Crippen molar-refractivity contribution in [3.8, 4) is 5.75 Å². The monoisotopic (exact) mass is 470 g/mol. The van der Waals surface area contributed by atoms with Crippen LogP contribution < -0.4 is 20.3 Å². The number of benzene rings is 1. The molecular formula is C23H21F3N6O2. The van der Waals surface area contributed by atoms with E-state index in [0.29, 0.717) is 34.9 Å². The lowest BCUT2D eigenvalue weighted by Crippen LogP contribution is -2.44. The maximum atomic E-state index is 12.3. The van der Waals surface area contributed by atoms with E-state index in [2.05, 4.69) is 35.2 Å². The van der Waals surface area contributed by atoms with E-state index in [1.807, 2.05) is 6.92 Å². The molecule has 8 nitrogen and oxygen atoms in total. The molecule has 0 saturated carbocycles. The van der Waals surface area contributed by atoms with Gasteiger partial charge in [0.25, 0.3) is 0 Å². The summed E-state index contributed by atoms with van der Waals surface area (Å²) < 4.78 is 40.6. The summed E-state index contributed by atoms with van der Waals surface area (Å²) in [5, 5.41) is 6.93. The maximum Gasteiger partial charge on any atom is 0.573 e. The first-order chi connectivity index (χ1) is 16.2. The fourth-order valence-corrected chi connectivity index (χ4v) is 4.28. The minimum absolute atomic E-state index is 0.328. The molecule has 176 valence electrons. The van der Waals surface area contributed by atoms with Gasteiger partial charge in [-0.1, -0.05) is 12.1 Å². The molecule has 2 saturated heterocycles. The lowest BCUT2D eigenvalue weighted by atomic mass is 10.2. The van der Waals surface area contributed by atoms with E-state index in [1.165, 1.54) is 42.6 Å². The molecule has 2 fully saturated rings. The average molecular weight is 470 g/mol. The Labute approximate surface area is 192 Å². The van der Waals surface area contributed by atoms with Crippen LogP contribution in [0.25, 0.3) is 17.1 Å². The highest BCUT2D eigenvalue weighted by Crippen LogP contribution is 2.29. The number of nitrogens with one attached hydrogen (secondary N) is 2. The summed E-state index contributed by atoms with van der Waals surface area (Å²) in [6.45, 7) is 3.70. The standard InChI is InChI=1S/C23H21F3N6O2/c1-13-19-9-15(10-28-21(19)31-22(29-13)32-12-16-8-17(32)11-27-16)30-20(33)7-4-14-2-5-18(6-3-14)34-23(24,25)26/h2-7,9-10,16-17,27H,8,11-12H2,1H3,(H,30,33). The van der Waals surface area contributed by atoms with E-state index in [0.717, 1.165) is 30.6 Å². The second-order valence-electron chi connectivity index (χ2n) is 8.29. The van der Waals surface area contributed by atoms with Gasteiger partial charge < -0.3 is 20.3 Å². The number of nitrogens with zero attached hydrogens (tertiary/aromatic N) is 4. The van der Waals surface area contributed by atoms with Gasteiger partial charge in [0.2, 0.25) is 11.9 Å². The number of piperazine rings is 1. The molecule has 3 aromatic rings. The van der Waals surface area contributed by atoms with E-state index in [4.69, 9.17) is 0 Å². The normalized spacial score (nSPS) is 19.8. The number of carbonyl (C=O) groups excluding carboxylic acids is 1. The van der Waals surface area contributed by atoms with E-state index in [1.54, 1.807) is 6.07 Å². The van der Waals surface area contributed by atoms with Crippen molar-refractivity contribution in [2.24, 2.45) is 0 Å². The van der Waals surface area contributed by atoms with Crippen molar-refractivity contribution in [3.05, 3.63) is 53.9 Å². The van der Waals surface area contributed by atoms with Crippen LogP contribution in [-0.2, 0) is 4.79 Å². The highest BCUT2D eigenvalue weighted by atomic mass is 19.4. The van der Waals surface area contributed by atoms with Gasteiger partial charge in [0, 0.05) is 36.6 Å². The number of hydrogen-bond acceptors (Lipinski definition) is 7. The van der Waals surface area contributed by atoms with Gasteiger partial charge in [0.15, 0.2) is 5.65 Å². The minimum atomic E-state index is -4.75. The quantitative estimate of drug-likeness (QED) is 0.552. The number of fused-ring (bicyclic) bond motifs is 3. The number of pyridine rings is 1. The largest absolute Gasteiger partial charge is 0.573 e. The molecule has 2 aromatic heterocycles. The Bertz CT molecular complexity index is 1260. The summed E-state index contributed by atoms with van der Waals surface area (Å²) in [4.78, 5) is 28.2. The molecule has 11 heteroatoms. The molecule has 5 rings (SSSR count). The topological polar surface area (TPSA) is 92.3 Å². The van der Waals surface area contributed by atoms with Gasteiger partial charge in [-0.2, -0.15) is 4.98 Å². The van der Waals surface area contributed by atoms with Crippen LogP contribution in [0.2, 0.25) is 0 Å². The summed E-state index contributed by atoms with van der Waals surface area (Å²) in [6.07, 6.45) is 0.650. The molecule has 4 heterocycles. The Balaban J connectivity index is 1.26. The van der Waals surface area contributed by atoms with Gasteiger partial charge in [-0.3, -0.25) is 4.79 Å². The zero-order valence-electron chi connectivity index (χ0n) is 18.1. The van der Waals surface area contributed by atoms with Crippen molar-refractivity contribution in [1.29, 1.82) is 0 Å². The first kappa shape index (κ1) is 22.1. The molecular weight excluding hydrogens is 449 g/mol. The number of aromatic nitrogens is 3. The van der Waals surface area contributed by atoms with Crippen LogP contribution in [0.5, 0.6) is 5.75 Å². The molecule has 0 radical (unpaired) electrons. The highest BCUT2D eigenvalue weighted by molar-refractivity contribution is 6.02. The Kier molecular flexibility index (Phi) is 5.56. The van der Waals surface area contributed by atoms with E-state index < -0.39 is 12.3 Å². The van der Waals surface area contributed by atoms with Gasteiger partial charge in [-0.15, -0.1) is 13.2 Å². The first-order valence-electron chi connectivity index (χ1n) is 10.7. The van der Waals surface area contributed by atoms with Crippen LogP contribution in [0.3, 0.4) is 0 Å². The number of halogens is 3. The number of amides is 1. The molecule has 2 unspecified atom stereocenters. The molecule has 0 aliphatic carbocycles. The lowest BCUT2D eigenvalue weighted by Gasteiger charge is -2.27. The second kappa shape index (κ2) is 8.56. The summed E-state index contributed by atoms with van der Waals surface area (Å²) >= 11 is 0. The van der Waals surface area contributed by atoms with Crippen molar-refractivity contribution < 1.29 is 22.7 Å².